The van der Waals surface area contributed by atoms with E-state index >= 15 is 0 Å². The van der Waals surface area contributed by atoms with Crippen molar-refractivity contribution in [3.8, 4) is 5.75 Å². The third-order valence-electron chi connectivity index (χ3n) is 4.16. The molecule has 0 spiro atoms. The fraction of sp³-hybridized carbons (Fsp3) is 0.647. The van der Waals surface area contributed by atoms with Gasteiger partial charge in [0.05, 0.1) is 6.61 Å². The maximum atomic E-state index is 5.80. The highest BCUT2D eigenvalue weighted by atomic mass is 16.5. The maximum Gasteiger partial charge on any atom is 0.123 e. The molecule has 1 aliphatic rings. The van der Waals surface area contributed by atoms with Crippen LogP contribution in [0, 0.1) is 0 Å². The van der Waals surface area contributed by atoms with Gasteiger partial charge in [0, 0.05) is 18.2 Å². The third-order valence-corrected chi connectivity index (χ3v) is 4.16. The molecule has 0 radical (unpaired) electrons. The van der Waals surface area contributed by atoms with Crippen LogP contribution < -0.4 is 10.1 Å². The molecule has 1 aromatic carbocycles. The van der Waals surface area contributed by atoms with Gasteiger partial charge in [0.15, 0.2) is 0 Å². The summed E-state index contributed by atoms with van der Waals surface area (Å²) < 4.78 is 5.80. The topological polar surface area (TPSA) is 24.5 Å². The highest BCUT2D eigenvalue weighted by molar-refractivity contribution is 5.38. The highest BCUT2D eigenvalue weighted by Crippen LogP contribution is 2.26. The Morgan fingerprint density at radius 2 is 2.00 bits per heavy atom. The number of hydrogen-bond donors (Lipinski definition) is 1. The van der Waals surface area contributed by atoms with E-state index < -0.39 is 0 Å². The molecule has 0 amide bonds. The minimum Gasteiger partial charge on any atom is -0.494 e. The number of nitrogens with zero attached hydrogens (tertiary/aromatic N) is 1. The van der Waals surface area contributed by atoms with E-state index in [9.17, 15) is 0 Å². The lowest BCUT2D eigenvalue weighted by Crippen LogP contribution is -2.29. The first-order valence-electron chi connectivity index (χ1n) is 7.89. The Labute approximate surface area is 123 Å². The molecule has 0 aliphatic carbocycles. The predicted molar refractivity (Wildman–Crippen MR) is 84.2 cm³/mol. The quantitative estimate of drug-likeness (QED) is 0.862. The monoisotopic (exact) mass is 276 g/mol. The molecule has 1 saturated heterocycles. The SMILES string of the molecule is CCOc1ccc([C@@H](C)NC)cc1CN1CCCCC1. The van der Waals surface area contributed by atoms with Crippen LogP contribution in [0.1, 0.15) is 50.3 Å². The van der Waals surface area contributed by atoms with Crippen molar-refractivity contribution in [1.29, 1.82) is 0 Å². The smallest absolute Gasteiger partial charge is 0.123 e. The molecule has 3 nitrogen and oxygen atoms in total. The van der Waals surface area contributed by atoms with Crippen molar-refractivity contribution < 1.29 is 4.74 Å². The van der Waals surface area contributed by atoms with Crippen LogP contribution in [0.4, 0.5) is 0 Å². The number of piperidine rings is 1. The lowest BCUT2D eigenvalue weighted by Gasteiger charge is -2.27. The van der Waals surface area contributed by atoms with Gasteiger partial charge in [0.25, 0.3) is 0 Å². The van der Waals surface area contributed by atoms with Crippen LogP contribution in [0.25, 0.3) is 0 Å². The van der Waals surface area contributed by atoms with E-state index in [1.807, 2.05) is 7.05 Å². The molecule has 1 atom stereocenters. The van der Waals surface area contributed by atoms with Crippen molar-refractivity contribution in [2.75, 3.05) is 26.7 Å². The molecule has 0 saturated carbocycles. The van der Waals surface area contributed by atoms with Gasteiger partial charge in [-0.3, -0.25) is 4.90 Å². The van der Waals surface area contributed by atoms with Gasteiger partial charge in [-0.1, -0.05) is 12.5 Å². The molecule has 1 N–H and O–H groups in total. The molecule has 112 valence electrons. The Balaban J connectivity index is 2.16. The fourth-order valence-corrected chi connectivity index (χ4v) is 2.81. The van der Waals surface area contributed by atoms with E-state index in [0.29, 0.717) is 6.04 Å². The minimum atomic E-state index is 0.380. The summed E-state index contributed by atoms with van der Waals surface area (Å²) in [7, 11) is 2.01. The number of ether oxygens (including phenoxy) is 1. The first-order chi connectivity index (χ1) is 9.74. The minimum absolute atomic E-state index is 0.380. The molecular weight excluding hydrogens is 248 g/mol. The van der Waals surface area contributed by atoms with Gasteiger partial charge in [-0.05, 0) is 64.5 Å². The molecule has 0 aromatic heterocycles. The summed E-state index contributed by atoms with van der Waals surface area (Å²) in [5.41, 5.74) is 2.66. The Hall–Kier alpha value is -1.06. The Morgan fingerprint density at radius 3 is 2.65 bits per heavy atom. The second kappa shape index (κ2) is 7.65. The molecule has 1 aromatic rings. The maximum absolute atomic E-state index is 5.80. The molecule has 2 rings (SSSR count). The van der Waals surface area contributed by atoms with Crippen LogP contribution in [-0.4, -0.2) is 31.6 Å². The summed E-state index contributed by atoms with van der Waals surface area (Å²) in [4.78, 5) is 2.55. The van der Waals surface area contributed by atoms with E-state index in [2.05, 4.69) is 42.3 Å². The van der Waals surface area contributed by atoms with Gasteiger partial charge in [-0.2, -0.15) is 0 Å². The van der Waals surface area contributed by atoms with E-state index in [0.717, 1.165) is 18.9 Å². The zero-order valence-corrected chi connectivity index (χ0v) is 13.1. The molecule has 1 heterocycles. The number of rotatable bonds is 6. The highest BCUT2D eigenvalue weighted by Gasteiger charge is 2.14. The van der Waals surface area contributed by atoms with Gasteiger partial charge in [0.2, 0.25) is 0 Å². The van der Waals surface area contributed by atoms with Crippen molar-refractivity contribution in [3.05, 3.63) is 29.3 Å². The molecular formula is C17H28N2O. The first-order valence-corrected chi connectivity index (χ1v) is 7.89. The Bertz CT molecular complexity index is 413. The van der Waals surface area contributed by atoms with Crippen LogP contribution in [0.3, 0.4) is 0 Å². The predicted octanol–water partition coefficient (Wildman–Crippen LogP) is 3.35. The average Bonchev–Trinajstić information content (AvgIpc) is 2.49. The average molecular weight is 276 g/mol. The lowest BCUT2D eigenvalue weighted by atomic mass is 10.0. The van der Waals surface area contributed by atoms with Gasteiger partial charge in [-0.25, -0.2) is 0 Å². The van der Waals surface area contributed by atoms with E-state index in [-0.39, 0.29) is 0 Å². The van der Waals surface area contributed by atoms with Gasteiger partial charge < -0.3 is 10.1 Å². The zero-order chi connectivity index (χ0) is 14.4. The van der Waals surface area contributed by atoms with Gasteiger partial charge in [-0.15, -0.1) is 0 Å². The Morgan fingerprint density at radius 1 is 1.25 bits per heavy atom. The van der Waals surface area contributed by atoms with Crippen molar-refractivity contribution >= 4 is 0 Å². The van der Waals surface area contributed by atoms with Crippen LogP contribution in [0.2, 0.25) is 0 Å². The molecule has 3 heteroatoms. The van der Waals surface area contributed by atoms with Crippen molar-refractivity contribution in [2.24, 2.45) is 0 Å². The number of hydrogen-bond acceptors (Lipinski definition) is 3. The van der Waals surface area contributed by atoms with Crippen molar-refractivity contribution in [3.63, 3.8) is 0 Å². The summed E-state index contributed by atoms with van der Waals surface area (Å²) in [6.45, 7) is 8.43. The number of likely N-dealkylation sites (tertiary alicyclic amines) is 1. The van der Waals surface area contributed by atoms with E-state index in [4.69, 9.17) is 4.74 Å². The van der Waals surface area contributed by atoms with E-state index in [1.54, 1.807) is 0 Å². The summed E-state index contributed by atoms with van der Waals surface area (Å²) >= 11 is 0. The summed E-state index contributed by atoms with van der Waals surface area (Å²) in [6, 6.07) is 6.99. The first kappa shape index (κ1) is 15.3. The summed E-state index contributed by atoms with van der Waals surface area (Å²) in [5.74, 6) is 1.05. The van der Waals surface area contributed by atoms with Gasteiger partial charge >= 0.3 is 0 Å². The van der Waals surface area contributed by atoms with Crippen LogP contribution in [0.15, 0.2) is 18.2 Å². The zero-order valence-electron chi connectivity index (χ0n) is 13.1. The fourth-order valence-electron chi connectivity index (χ4n) is 2.81. The summed E-state index contributed by atoms with van der Waals surface area (Å²) in [5, 5.41) is 3.31. The number of benzene rings is 1. The lowest BCUT2D eigenvalue weighted by molar-refractivity contribution is 0.216. The van der Waals surface area contributed by atoms with Gasteiger partial charge in [0.1, 0.15) is 5.75 Å². The molecule has 0 bridgehead atoms. The van der Waals surface area contributed by atoms with Crippen LogP contribution >= 0.6 is 0 Å². The van der Waals surface area contributed by atoms with Crippen LogP contribution in [0.5, 0.6) is 5.75 Å². The largest absolute Gasteiger partial charge is 0.494 e. The summed E-state index contributed by atoms with van der Waals surface area (Å²) in [6.07, 6.45) is 4.04. The van der Waals surface area contributed by atoms with E-state index in [1.165, 1.54) is 43.5 Å². The second-order valence-electron chi connectivity index (χ2n) is 5.65. The molecule has 1 aliphatic heterocycles. The standard InChI is InChI=1S/C17H28N2O/c1-4-20-17-9-8-15(14(2)18-3)12-16(17)13-19-10-6-5-7-11-19/h8-9,12,14,18H,4-7,10-11,13H2,1-3H3/t14-/m1/s1. The normalized spacial score (nSPS) is 17.9. The molecule has 0 unspecified atom stereocenters. The Kier molecular flexibility index (Phi) is 5.86. The second-order valence-corrected chi connectivity index (χ2v) is 5.65. The number of nitrogens with one attached hydrogen (secondary N) is 1. The molecule has 1 fully saturated rings. The van der Waals surface area contributed by atoms with Crippen molar-refractivity contribution in [1.82, 2.24) is 10.2 Å². The molecule has 20 heavy (non-hydrogen) atoms. The third kappa shape index (κ3) is 3.97. The van der Waals surface area contributed by atoms with Crippen LogP contribution in [-0.2, 0) is 6.54 Å². The van der Waals surface area contributed by atoms with Crippen molar-refractivity contribution in [2.45, 2.75) is 45.7 Å².